The first kappa shape index (κ1) is 11.6. The largest absolute Gasteiger partial charge is 0.476 e. The van der Waals surface area contributed by atoms with Crippen molar-refractivity contribution in [2.75, 3.05) is 13.1 Å². The number of carboxylic acid groups (broad SMARTS) is 1. The van der Waals surface area contributed by atoms with E-state index in [1.807, 2.05) is 11.8 Å². The van der Waals surface area contributed by atoms with Crippen LogP contribution >= 0.6 is 0 Å². The number of likely N-dealkylation sites (tertiary alicyclic amines) is 1. The number of carbonyl (C=O) groups is 2. The zero-order valence-electron chi connectivity index (χ0n) is 9.64. The fourth-order valence-corrected chi connectivity index (χ4v) is 2.12. The van der Waals surface area contributed by atoms with Gasteiger partial charge in [-0.2, -0.15) is 5.10 Å². The van der Waals surface area contributed by atoms with Crippen LogP contribution in [0.15, 0.2) is 6.07 Å². The van der Waals surface area contributed by atoms with Crippen LogP contribution in [0.25, 0.3) is 0 Å². The molecule has 2 N–H and O–H groups in total. The van der Waals surface area contributed by atoms with Gasteiger partial charge in [0.1, 0.15) is 0 Å². The van der Waals surface area contributed by atoms with Gasteiger partial charge >= 0.3 is 5.97 Å². The van der Waals surface area contributed by atoms with Gasteiger partial charge in [0.25, 0.3) is 0 Å². The van der Waals surface area contributed by atoms with E-state index < -0.39 is 5.97 Å². The van der Waals surface area contributed by atoms with Gasteiger partial charge in [0.05, 0.1) is 0 Å². The van der Waals surface area contributed by atoms with E-state index in [4.69, 9.17) is 5.11 Å². The molecule has 1 saturated heterocycles. The minimum absolute atomic E-state index is 0.0280. The summed E-state index contributed by atoms with van der Waals surface area (Å²) in [6.45, 7) is 3.22. The van der Waals surface area contributed by atoms with Crippen LogP contribution in [0.2, 0.25) is 0 Å². The van der Waals surface area contributed by atoms with Crippen molar-refractivity contribution in [3.8, 4) is 0 Å². The van der Waals surface area contributed by atoms with E-state index in [1.165, 1.54) is 0 Å². The van der Waals surface area contributed by atoms with Crippen molar-refractivity contribution in [1.82, 2.24) is 15.1 Å². The predicted octanol–water partition coefficient (Wildman–Crippen LogP) is 0.834. The lowest BCUT2D eigenvalue weighted by atomic mass is 10.1. The van der Waals surface area contributed by atoms with Crippen molar-refractivity contribution in [3.63, 3.8) is 0 Å². The smallest absolute Gasteiger partial charge is 0.356 e. The number of nitrogens with zero attached hydrogens (tertiary/aromatic N) is 2. The highest BCUT2D eigenvalue weighted by Crippen LogP contribution is 2.26. The van der Waals surface area contributed by atoms with Crippen molar-refractivity contribution in [2.45, 2.75) is 25.7 Å². The second-order valence-corrected chi connectivity index (χ2v) is 4.19. The van der Waals surface area contributed by atoms with Crippen LogP contribution in [0.3, 0.4) is 0 Å². The van der Waals surface area contributed by atoms with Gasteiger partial charge in [-0.1, -0.05) is 6.92 Å². The molecule has 2 heterocycles. The summed E-state index contributed by atoms with van der Waals surface area (Å²) < 4.78 is 0. The molecule has 2 rings (SSSR count). The van der Waals surface area contributed by atoms with E-state index in [9.17, 15) is 9.59 Å². The molecular formula is C11H15N3O3. The van der Waals surface area contributed by atoms with Gasteiger partial charge in [-0.25, -0.2) is 4.79 Å². The van der Waals surface area contributed by atoms with Gasteiger partial charge in [-0.05, 0) is 12.5 Å². The number of carbonyl (C=O) groups excluding carboxylic acids is 1. The second kappa shape index (κ2) is 4.57. The topological polar surface area (TPSA) is 86.3 Å². The molecule has 6 nitrogen and oxygen atoms in total. The molecule has 1 aliphatic rings. The molecule has 0 spiro atoms. The van der Waals surface area contributed by atoms with Crippen molar-refractivity contribution in [2.24, 2.45) is 0 Å². The lowest BCUT2D eigenvalue weighted by molar-refractivity contribution is -0.129. The molecule has 6 heteroatoms. The Labute approximate surface area is 98.6 Å². The summed E-state index contributed by atoms with van der Waals surface area (Å²) >= 11 is 0. The van der Waals surface area contributed by atoms with Gasteiger partial charge in [-0.3, -0.25) is 9.89 Å². The molecule has 0 aromatic carbocycles. The Morgan fingerprint density at radius 3 is 3.00 bits per heavy atom. The monoisotopic (exact) mass is 237 g/mol. The molecule has 1 fully saturated rings. The minimum Gasteiger partial charge on any atom is -0.476 e. The lowest BCUT2D eigenvalue weighted by Gasteiger charge is -2.14. The number of rotatable bonds is 3. The minimum atomic E-state index is -1.04. The maximum absolute atomic E-state index is 11.5. The number of hydrogen-bond donors (Lipinski definition) is 2. The summed E-state index contributed by atoms with van der Waals surface area (Å²) in [5, 5.41) is 15.2. The number of H-pyrrole nitrogens is 1. The van der Waals surface area contributed by atoms with Crippen molar-refractivity contribution in [1.29, 1.82) is 0 Å². The van der Waals surface area contributed by atoms with Crippen LogP contribution in [0, 0.1) is 0 Å². The molecule has 1 aromatic heterocycles. The molecule has 0 radical (unpaired) electrons. The average molecular weight is 237 g/mol. The number of hydrogen-bond acceptors (Lipinski definition) is 3. The Balaban J connectivity index is 2.04. The van der Waals surface area contributed by atoms with Crippen molar-refractivity contribution in [3.05, 3.63) is 17.5 Å². The maximum atomic E-state index is 11.5. The third-order valence-electron chi connectivity index (χ3n) is 3.10. The van der Waals surface area contributed by atoms with Gasteiger partial charge < -0.3 is 10.0 Å². The Hall–Kier alpha value is -1.85. The molecule has 0 bridgehead atoms. The molecular weight excluding hydrogens is 222 g/mol. The maximum Gasteiger partial charge on any atom is 0.356 e. The molecule has 0 aliphatic carbocycles. The standard InChI is InChI=1S/C11H15N3O3/c1-2-10(15)14-4-3-7(6-14)8-5-9(11(16)17)13-12-8/h5,7H,2-4,6H2,1H3,(H,12,13)(H,16,17). The highest BCUT2D eigenvalue weighted by Gasteiger charge is 2.28. The quantitative estimate of drug-likeness (QED) is 0.815. The van der Waals surface area contributed by atoms with E-state index in [-0.39, 0.29) is 17.5 Å². The van der Waals surface area contributed by atoms with E-state index in [0.717, 1.165) is 18.7 Å². The Morgan fingerprint density at radius 1 is 1.65 bits per heavy atom. The van der Waals surface area contributed by atoms with Gasteiger partial charge in [0, 0.05) is 31.1 Å². The first-order chi connectivity index (χ1) is 8.11. The zero-order valence-corrected chi connectivity index (χ0v) is 9.64. The second-order valence-electron chi connectivity index (χ2n) is 4.19. The van der Waals surface area contributed by atoms with Gasteiger partial charge in [0.2, 0.25) is 5.91 Å². The molecule has 17 heavy (non-hydrogen) atoms. The van der Waals surface area contributed by atoms with Gasteiger partial charge in [-0.15, -0.1) is 0 Å². The molecule has 0 saturated carbocycles. The Bertz CT molecular complexity index is 441. The first-order valence-electron chi connectivity index (χ1n) is 5.68. The van der Waals surface area contributed by atoms with Crippen molar-refractivity contribution >= 4 is 11.9 Å². The summed E-state index contributed by atoms with van der Waals surface area (Å²) in [5.41, 5.74) is 0.828. The van der Waals surface area contributed by atoms with E-state index in [2.05, 4.69) is 10.2 Å². The third kappa shape index (κ3) is 2.30. The summed E-state index contributed by atoms with van der Waals surface area (Å²) in [7, 11) is 0. The van der Waals surface area contributed by atoms with Crippen LogP contribution in [0.1, 0.15) is 41.9 Å². The van der Waals surface area contributed by atoms with Crippen molar-refractivity contribution < 1.29 is 14.7 Å². The number of aromatic carboxylic acids is 1. The average Bonchev–Trinajstić information content (AvgIpc) is 2.95. The lowest BCUT2D eigenvalue weighted by Crippen LogP contribution is -2.27. The SMILES string of the molecule is CCC(=O)N1CCC(c2cc(C(=O)O)n[nH]2)C1. The van der Waals surface area contributed by atoms with Crippen LogP contribution in [-0.2, 0) is 4.79 Å². The number of aromatic amines is 1. The molecule has 1 aromatic rings. The van der Waals surface area contributed by atoms with Gasteiger partial charge in [0.15, 0.2) is 5.69 Å². The molecule has 92 valence electrons. The third-order valence-corrected chi connectivity index (χ3v) is 3.10. The number of aromatic nitrogens is 2. The Morgan fingerprint density at radius 2 is 2.41 bits per heavy atom. The number of nitrogens with one attached hydrogen (secondary N) is 1. The molecule has 1 aliphatic heterocycles. The number of carboxylic acids is 1. The van der Waals surface area contributed by atoms with E-state index >= 15 is 0 Å². The predicted molar refractivity (Wildman–Crippen MR) is 59.8 cm³/mol. The van der Waals surface area contributed by atoms with E-state index in [1.54, 1.807) is 6.07 Å². The zero-order chi connectivity index (χ0) is 12.4. The normalized spacial score (nSPS) is 19.6. The number of amides is 1. The van der Waals surface area contributed by atoms with Crippen LogP contribution < -0.4 is 0 Å². The fourth-order valence-electron chi connectivity index (χ4n) is 2.12. The van der Waals surface area contributed by atoms with Crippen LogP contribution in [0.4, 0.5) is 0 Å². The van der Waals surface area contributed by atoms with E-state index in [0.29, 0.717) is 13.0 Å². The highest BCUT2D eigenvalue weighted by molar-refractivity contribution is 5.85. The van der Waals surface area contributed by atoms with Crippen LogP contribution in [0.5, 0.6) is 0 Å². The molecule has 1 atom stereocenters. The summed E-state index contributed by atoms with van der Waals surface area (Å²) in [4.78, 5) is 24.0. The highest BCUT2D eigenvalue weighted by atomic mass is 16.4. The first-order valence-corrected chi connectivity index (χ1v) is 5.68. The van der Waals surface area contributed by atoms with Crippen LogP contribution in [-0.4, -0.2) is 45.2 Å². The summed E-state index contributed by atoms with van der Waals surface area (Å²) in [5.74, 6) is -0.719. The Kier molecular flexibility index (Phi) is 3.12. The fraction of sp³-hybridized carbons (Fsp3) is 0.545. The molecule has 1 unspecified atom stereocenters. The molecule has 1 amide bonds. The summed E-state index contributed by atoms with van der Waals surface area (Å²) in [6, 6.07) is 1.55. The summed E-state index contributed by atoms with van der Waals surface area (Å²) in [6.07, 6.45) is 1.36.